The average molecular weight is 376 g/mol. The first kappa shape index (κ1) is 15.9. The van der Waals surface area contributed by atoms with Crippen LogP contribution in [0, 0.1) is 5.82 Å². The van der Waals surface area contributed by atoms with Crippen molar-refractivity contribution < 1.29 is 4.39 Å². The molecule has 126 valence electrons. The summed E-state index contributed by atoms with van der Waals surface area (Å²) in [5, 5.41) is 8.75. The molecule has 0 radical (unpaired) electrons. The second-order valence-corrected chi connectivity index (χ2v) is 6.31. The normalized spacial score (nSPS) is 11.2. The Morgan fingerprint density at radius 1 is 1.08 bits per heavy atom. The summed E-state index contributed by atoms with van der Waals surface area (Å²) in [6, 6.07) is 8.14. The monoisotopic (exact) mass is 375 g/mol. The zero-order chi connectivity index (χ0) is 17.6. The second kappa shape index (κ2) is 6.06. The molecule has 0 aliphatic rings. The molecule has 0 saturated heterocycles. The Morgan fingerprint density at radius 3 is 2.52 bits per heavy atom. The second-order valence-electron chi connectivity index (χ2n) is 5.50. The van der Waals surface area contributed by atoms with Gasteiger partial charge in [-0.05, 0) is 24.3 Å². The van der Waals surface area contributed by atoms with Crippen molar-refractivity contribution in [2.24, 2.45) is 7.05 Å². The maximum atomic E-state index is 13.4. The van der Waals surface area contributed by atoms with E-state index in [2.05, 4.69) is 15.4 Å². The molecule has 0 saturated carbocycles. The Balaban J connectivity index is 1.81. The summed E-state index contributed by atoms with van der Waals surface area (Å²) in [4.78, 5) is 4.36. The number of aromatic nitrogens is 4. The predicted octanol–water partition coefficient (Wildman–Crippen LogP) is 4.95. The highest BCUT2D eigenvalue weighted by Crippen LogP contribution is 2.35. The van der Waals surface area contributed by atoms with Crippen LogP contribution in [0.25, 0.3) is 16.7 Å². The third-order valence-electron chi connectivity index (χ3n) is 3.81. The summed E-state index contributed by atoms with van der Waals surface area (Å²) in [7, 11) is 1.86. The molecule has 0 fully saturated rings. The zero-order valence-electron chi connectivity index (χ0n) is 13.0. The molecule has 4 aromatic rings. The van der Waals surface area contributed by atoms with Gasteiger partial charge in [0, 0.05) is 37.1 Å². The fourth-order valence-corrected chi connectivity index (χ4v) is 3.23. The molecule has 1 aromatic carbocycles. The van der Waals surface area contributed by atoms with E-state index >= 15 is 0 Å². The Hall–Kier alpha value is -2.57. The van der Waals surface area contributed by atoms with Gasteiger partial charge in [0.15, 0.2) is 5.82 Å². The van der Waals surface area contributed by atoms with Gasteiger partial charge in [0.25, 0.3) is 0 Å². The maximum absolute atomic E-state index is 13.4. The summed E-state index contributed by atoms with van der Waals surface area (Å²) < 4.78 is 17.1. The first-order valence-electron chi connectivity index (χ1n) is 7.40. The largest absolute Gasteiger partial charge is 0.337 e. The number of anilines is 2. The molecule has 8 heteroatoms. The molecular formula is C17H12Cl2FN5. The lowest BCUT2D eigenvalue weighted by Gasteiger charge is -2.11. The predicted molar refractivity (Wildman–Crippen MR) is 97.5 cm³/mol. The van der Waals surface area contributed by atoms with E-state index in [1.54, 1.807) is 10.9 Å². The van der Waals surface area contributed by atoms with Crippen LogP contribution < -0.4 is 5.32 Å². The summed E-state index contributed by atoms with van der Waals surface area (Å²) in [5.74, 6) is 0.878. The SMILES string of the molecule is Cn1ccc(-n2ccc3c(Nc4c(Cl)cc(F)cc4Cl)nccc32)n1. The van der Waals surface area contributed by atoms with Crippen LogP contribution in [-0.4, -0.2) is 19.3 Å². The number of pyridine rings is 1. The number of hydrogen-bond acceptors (Lipinski definition) is 3. The van der Waals surface area contributed by atoms with Gasteiger partial charge in [-0.1, -0.05) is 23.2 Å². The molecule has 4 rings (SSSR count). The van der Waals surface area contributed by atoms with E-state index in [1.165, 1.54) is 12.1 Å². The van der Waals surface area contributed by atoms with Crippen LogP contribution in [0.15, 0.2) is 48.9 Å². The highest BCUT2D eigenvalue weighted by atomic mass is 35.5. The first-order chi connectivity index (χ1) is 12.0. The summed E-state index contributed by atoms with van der Waals surface area (Å²) in [5.41, 5.74) is 1.33. The average Bonchev–Trinajstić information content (AvgIpc) is 3.17. The molecule has 25 heavy (non-hydrogen) atoms. The highest BCUT2D eigenvalue weighted by molar-refractivity contribution is 6.39. The molecule has 1 N–H and O–H groups in total. The quantitative estimate of drug-likeness (QED) is 0.551. The highest BCUT2D eigenvalue weighted by Gasteiger charge is 2.13. The molecule has 0 unspecified atom stereocenters. The first-order valence-corrected chi connectivity index (χ1v) is 8.16. The van der Waals surface area contributed by atoms with E-state index in [-0.39, 0.29) is 10.0 Å². The molecule has 3 aromatic heterocycles. The van der Waals surface area contributed by atoms with Gasteiger partial charge < -0.3 is 5.32 Å². The Kier molecular flexibility index (Phi) is 3.86. The van der Waals surface area contributed by atoms with Gasteiger partial charge in [-0.2, -0.15) is 5.10 Å². The number of nitrogens with zero attached hydrogens (tertiary/aromatic N) is 4. The van der Waals surface area contributed by atoms with Crippen LogP contribution in [-0.2, 0) is 7.05 Å². The van der Waals surface area contributed by atoms with Gasteiger partial charge in [0.2, 0.25) is 0 Å². The van der Waals surface area contributed by atoms with Gasteiger partial charge in [0.05, 0.1) is 21.2 Å². The van der Waals surface area contributed by atoms with Crippen LogP contribution in [0.5, 0.6) is 0 Å². The summed E-state index contributed by atoms with van der Waals surface area (Å²) in [6.07, 6.45) is 5.46. The van der Waals surface area contributed by atoms with Crippen molar-refractivity contribution in [3.05, 3.63) is 64.8 Å². The molecule has 0 atom stereocenters. The van der Waals surface area contributed by atoms with Crippen LogP contribution in [0.3, 0.4) is 0 Å². The van der Waals surface area contributed by atoms with Gasteiger partial charge in [0.1, 0.15) is 11.6 Å². The van der Waals surface area contributed by atoms with Crippen LogP contribution >= 0.6 is 23.2 Å². The number of halogens is 3. The van der Waals surface area contributed by atoms with E-state index in [9.17, 15) is 4.39 Å². The minimum Gasteiger partial charge on any atom is -0.337 e. The van der Waals surface area contributed by atoms with Gasteiger partial charge in [-0.3, -0.25) is 9.25 Å². The molecule has 0 amide bonds. The minimum absolute atomic E-state index is 0.188. The number of nitrogens with one attached hydrogen (secondary N) is 1. The fourth-order valence-electron chi connectivity index (χ4n) is 2.68. The van der Waals surface area contributed by atoms with Gasteiger partial charge in [-0.25, -0.2) is 9.37 Å². The molecule has 0 aliphatic carbocycles. The van der Waals surface area contributed by atoms with Crippen LogP contribution in [0.1, 0.15) is 0 Å². The van der Waals surface area contributed by atoms with E-state index in [4.69, 9.17) is 23.2 Å². The number of aryl methyl sites for hydroxylation is 1. The third kappa shape index (κ3) is 2.83. The molecule has 0 spiro atoms. The van der Waals surface area contributed by atoms with E-state index in [0.717, 1.165) is 16.7 Å². The molecule has 0 aliphatic heterocycles. The van der Waals surface area contributed by atoms with Crippen molar-refractivity contribution in [3.8, 4) is 5.82 Å². The number of rotatable bonds is 3. The lowest BCUT2D eigenvalue weighted by atomic mass is 10.2. The number of hydrogen-bond donors (Lipinski definition) is 1. The third-order valence-corrected chi connectivity index (χ3v) is 4.41. The van der Waals surface area contributed by atoms with Gasteiger partial charge >= 0.3 is 0 Å². The van der Waals surface area contributed by atoms with Crippen molar-refractivity contribution in [3.63, 3.8) is 0 Å². The number of fused-ring (bicyclic) bond motifs is 1. The van der Waals surface area contributed by atoms with Crippen molar-refractivity contribution in [2.75, 3.05) is 5.32 Å². The van der Waals surface area contributed by atoms with E-state index in [1.807, 2.05) is 42.2 Å². The topological polar surface area (TPSA) is 47.7 Å². The summed E-state index contributed by atoms with van der Waals surface area (Å²) >= 11 is 12.2. The molecule has 3 heterocycles. The number of benzene rings is 1. The van der Waals surface area contributed by atoms with Crippen molar-refractivity contribution in [1.82, 2.24) is 19.3 Å². The fraction of sp³-hybridized carbons (Fsp3) is 0.0588. The Morgan fingerprint density at radius 2 is 1.84 bits per heavy atom. The lowest BCUT2D eigenvalue weighted by molar-refractivity contribution is 0.628. The van der Waals surface area contributed by atoms with E-state index in [0.29, 0.717) is 11.5 Å². The smallest absolute Gasteiger partial charge is 0.159 e. The van der Waals surface area contributed by atoms with Crippen LogP contribution in [0.4, 0.5) is 15.9 Å². The molecule has 5 nitrogen and oxygen atoms in total. The Labute approximate surface area is 152 Å². The van der Waals surface area contributed by atoms with Crippen molar-refractivity contribution in [2.45, 2.75) is 0 Å². The van der Waals surface area contributed by atoms with Crippen LogP contribution in [0.2, 0.25) is 10.0 Å². The van der Waals surface area contributed by atoms with Crippen molar-refractivity contribution in [1.29, 1.82) is 0 Å². The minimum atomic E-state index is -0.493. The van der Waals surface area contributed by atoms with Crippen molar-refractivity contribution >= 4 is 45.6 Å². The zero-order valence-corrected chi connectivity index (χ0v) is 14.6. The summed E-state index contributed by atoms with van der Waals surface area (Å²) in [6.45, 7) is 0. The molecule has 0 bridgehead atoms. The standard InChI is InChI=1S/C17H12Cl2FN5/c1-24-6-4-15(23-24)25-7-3-11-14(25)2-5-21-17(11)22-16-12(18)8-10(20)9-13(16)19/h2-9H,1H3,(H,21,22). The maximum Gasteiger partial charge on any atom is 0.159 e. The lowest BCUT2D eigenvalue weighted by Crippen LogP contribution is -1.98. The van der Waals surface area contributed by atoms with E-state index < -0.39 is 5.82 Å². The Bertz CT molecular complexity index is 1060. The molecular weight excluding hydrogens is 364 g/mol. The van der Waals surface area contributed by atoms with Gasteiger partial charge in [-0.15, -0.1) is 0 Å².